The topological polar surface area (TPSA) is 79.5 Å². The number of amides is 1. The molecular weight excluding hydrogens is 342 g/mol. The van der Waals surface area contributed by atoms with Gasteiger partial charge in [-0.25, -0.2) is 0 Å². The Bertz CT molecular complexity index is 832. The number of likely N-dealkylation sites (tertiary alicyclic amines) is 1. The van der Waals surface area contributed by atoms with Crippen LogP contribution in [0.15, 0.2) is 34.9 Å². The Morgan fingerprint density at radius 3 is 2.89 bits per heavy atom. The fraction of sp³-hybridized carbons (Fsp3) is 0.571. The van der Waals surface area contributed by atoms with Crippen LogP contribution < -0.4 is 0 Å². The van der Waals surface area contributed by atoms with E-state index in [4.69, 9.17) is 9.51 Å². The van der Waals surface area contributed by atoms with Crippen molar-refractivity contribution in [3.8, 4) is 0 Å². The fourth-order valence-electron chi connectivity index (χ4n) is 4.88. The minimum absolute atomic E-state index is 0.229. The van der Waals surface area contributed by atoms with Crippen molar-refractivity contribution in [2.45, 2.75) is 50.0 Å². The Hall–Kier alpha value is -2.21. The Morgan fingerprint density at radius 1 is 1.30 bits per heavy atom. The molecular formula is C21H25N3O3. The van der Waals surface area contributed by atoms with Crippen molar-refractivity contribution >= 4 is 5.91 Å². The molecule has 3 atom stereocenters. The van der Waals surface area contributed by atoms with Crippen molar-refractivity contribution in [3.63, 3.8) is 0 Å². The molecule has 27 heavy (non-hydrogen) atoms. The maximum atomic E-state index is 12.9. The second-order valence-corrected chi connectivity index (χ2v) is 8.44. The van der Waals surface area contributed by atoms with Crippen molar-refractivity contribution in [1.82, 2.24) is 15.0 Å². The monoisotopic (exact) mass is 367 g/mol. The van der Waals surface area contributed by atoms with Crippen molar-refractivity contribution in [3.05, 3.63) is 47.6 Å². The zero-order valence-corrected chi connectivity index (χ0v) is 15.4. The van der Waals surface area contributed by atoms with Gasteiger partial charge in [-0.15, -0.1) is 0 Å². The van der Waals surface area contributed by atoms with Gasteiger partial charge in [-0.1, -0.05) is 41.9 Å². The molecule has 1 N–H and O–H groups in total. The molecule has 0 bridgehead atoms. The highest BCUT2D eigenvalue weighted by molar-refractivity contribution is 5.82. The zero-order chi connectivity index (χ0) is 18.4. The van der Waals surface area contributed by atoms with Gasteiger partial charge >= 0.3 is 0 Å². The highest BCUT2D eigenvalue weighted by Crippen LogP contribution is 2.50. The van der Waals surface area contributed by atoms with Crippen LogP contribution >= 0.6 is 0 Å². The molecule has 1 aromatic heterocycles. The summed E-state index contributed by atoms with van der Waals surface area (Å²) in [5, 5.41) is 14.7. The predicted molar refractivity (Wildman–Crippen MR) is 97.7 cm³/mol. The van der Waals surface area contributed by atoms with E-state index in [1.807, 2.05) is 18.2 Å². The first-order valence-electron chi connectivity index (χ1n) is 10.0. The van der Waals surface area contributed by atoms with Crippen LogP contribution in [-0.4, -0.2) is 39.1 Å². The number of hydrogen-bond acceptors (Lipinski definition) is 5. The highest BCUT2D eigenvalue weighted by atomic mass is 16.5. The van der Waals surface area contributed by atoms with Gasteiger partial charge in [-0.3, -0.25) is 4.79 Å². The van der Waals surface area contributed by atoms with Crippen molar-refractivity contribution in [1.29, 1.82) is 0 Å². The van der Waals surface area contributed by atoms with E-state index in [2.05, 4.69) is 5.16 Å². The van der Waals surface area contributed by atoms with Gasteiger partial charge in [-0.05, 0) is 43.1 Å². The van der Waals surface area contributed by atoms with Gasteiger partial charge in [0.25, 0.3) is 5.91 Å². The molecule has 6 nitrogen and oxygen atoms in total. The van der Waals surface area contributed by atoms with E-state index in [9.17, 15) is 9.90 Å². The average molecular weight is 367 g/mol. The van der Waals surface area contributed by atoms with Gasteiger partial charge in [0.1, 0.15) is 0 Å². The number of aliphatic hydroxyl groups is 1. The van der Waals surface area contributed by atoms with Crippen LogP contribution in [0.4, 0.5) is 0 Å². The quantitative estimate of drug-likeness (QED) is 0.879. The number of aromatic nitrogens is 2. The first kappa shape index (κ1) is 16.9. The molecule has 6 heteroatoms. The second kappa shape index (κ2) is 6.44. The summed E-state index contributed by atoms with van der Waals surface area (Å²) in [6.07, 6.45) is 5.46. The van der Waals surface area contributed by atoms with Crippen LogP contribution in [0.2, 0.25) is 0 Å². The number of fused-ring (bicyclic) bond motifs is 1. The first-order chi connectivity index (χ1) is 13.2. The van der Waals surface area contributed by atoms with E-state index in [1.165, 1.54) is 12.8 Å². The van der Waals surface area contributed by atoms with Crippen molar-refractivity contribution in [2.24, 2.45) is 11.8 Å². The molecule has 1 aromatic carbocycles. The third-order valence-corrected chi connectivity index (χ3v) is 6.59. The minimum Gasteiger partial charge on any atom is -0.378 e. The standard InChI is InChI=1S/C21H25N3O3/c25-18(15-5-2-1-3-6-15)19(26)24-12-16-7-4-10-21(16,13-24)20-22-17(23-27-20)11-14-8-9-14/h1-3,5-6,14,16,18,25H,4,7-13H2/t16-,18+,21-/m1/s1. The number of carbonyl (C=O) groups excluding carboxylic acids is 1. The lowest BCUT2D eigenvalue weighted by Crippen LogP contribution is -2.37. The summed E-state index contributed by atoms with van der Waals surface area (Å²) in [6, 6.07) is 9.14. The molecule has 3 fully saturated rings. The van der Waals surface area contributed by atoms with E-state index >= 15 is 0 Å². The lowest BCUT2D eigenvalue weighted by atomic mass is 9.80. The summed E-state index contributed by atoms with van der Waals surface area (Å²) < 4.78 is 5.69. The van der Waals surface area contributed by atoms with Crippen molar-refractivity contribution in [2.75, 3.05) is 13.1 Å². The summed E-state index contributed by atoms with van der Waals surface area (Å²) in [5.41, 5.74) is 0.402. The number of carbonyl (C=O) groups is 1. The van der Waals surface area contributed by atoms with E-state index in [-0.39, 0.29) is 11.3 Å². The summed E-state index contributed by atoms with van der Waals surface area (Å²) in [4.78, 5) is 19.4. The fourth-order valence-corrected chi connectivity index (χ4v) is 4.88. The van der Waals surface area contributed by atoms with E-state index in [0.29, 0.717) is 30.5 Å². The molecule has 3 aliphatic rings. The Labute approximate surface area is 158 Å². The van der Waals surface area contributed by atoms with Crippen LogP contribution in [0.5, 0.6) is 0 Å². The number of aliphatic hydroxyl groups excluding tert-OH is 1. The predicted octanol–water partition coefficient (Wildman–Crippen LogP) is 2.64. The lowest BCUT2D eigenvalue weighted by Gasteiger charge is -2.25. The molecule has 1 aliphatic heterocycles. The average Bonchev–Trinajstić information content (AvgIpc) is 3.07. The van der Waals surface area contributed by atoms with E-state index < -0.39 is 6.10 Å². The van der Waals surface area contributed by atoms with Crippen LogP contribution in [0.1, 0.15) is 55.5 Å². The second-order valence-electron chi connectivity index (χ2n) is 8.44. The number of rotatable bonds is 5. The van der Waals surface area contributed by atoms with Crippen molar-refractivity contribution < 1.29 is 14.4 Å². The normalized spacial score (nSPS) is 28.3. The molecule has 1 saturated heterocycles. The third kappa shape index (κ3) is 2.96. The molecule has 2 aromatic rings. The molecule has 0 spiro atoms. The van der Waals surface area contributed by atoms with E-state index in [1.54, 1.807) is 17.0 Å². The van der Waals surface area contributed by atoms with Gasteiger partial charge in [0, 0.05) is 19.5 Å². The van der Waals surface area contributed by atoms with Crippen LogP contribution in [-0.2, 0) is 16.6 Å². The number of nitrogens with zero attached hydrogens (tertiary/aromatic N) is 3. The highest BCUT2D eigenvalue weighted by Gasteiger charge is 2.55. The number of benzene rings is 1. The summed E-state index contributed by atoms with van der Waals surface area (Å²) in [7, 11) is 0. The summed E-state index contributed by atoms with van der Waals surface area (Å²) in [6.45, 7) is 1.22. The van der Waals surface area contributed by atoms with Crippen LogP contribution in [0, 0.1) is 11.8 Å². The van der Waals surface area contributed by atoms with Gasteiger partial charge in [0.15, 0.2) is 11.9 Å². The number of hydrogen-bond donors (Lipinski definition) is 1. The van der Waals surface area contributed by atoms with Gasteiger partial charge in [0.05, 0.1) is 5.41 Å². The smallest absolute Gasteiger partial charge is 0.256 e. The largest absolute Gasteiger partial charge is 0.378 e. The Kier molecular flexibility index (Phi) is 4.04. The van der Waals surface area contributed by atoms with E-state index in [0.717, 1.165) is 37.4 Å². The summed E-state index contributed by atoms with van der Waals surface area (Å²) in [5.74, 6) is 2.33. The minimum atomic E-state index is -1.12. The molecule has 142 valence electrons. The van der Waals surface area contributed by atoms with Gasteiger partial charge in [0.2, 0.25) is 5.89 Å². The molecule has 2 heterocycles. The molecule has 0 unspecified atom stereocenters. The third-order valence-electron chi connectivity index (χ3n) is 6.59. The molecule has 0 radical (unpaired) electrons. The molecule has 5 rings (SSSR count). The summed E-state index contributed by atoms with van der Waals surface area (Å²) >= 11 is 0. The zero-order valence-electron chi connectivity index (χ0n) is 15.4. The maximum Gasteiger partial charge on any atom is 0.256 e. The maximum absolute atomic E-state index is 12.9. The lowest BCUT2D eigenvalue weighted by molar-refractivity contribution is -0.139. The Morgan fingerprint density at radius 2 is 2.11 bits per heavy atom. The Balaban J connectivity index is 1.36. The van der Waals surface area contributed by atoms with Gasteiger partial charge < -0.3 is 14.5 Å². The van der Waals surface area contributed by atoms with Crippen LogP contribution in [0.25, 0.3) is 0 Å². The van der Waals surface area contributed by atoms with Gasteiger partial charge in [-0.2, -0.15) is 4.98 Å². The first-order valence-corrected chi connectivity index (χ1v) is 10.0. The molecule has 2 aliphatic carbocycles. The van der Waals surface area contributed by atoms with Crippen LogP contribution in [0.3, 0.4) is 0 Å². The SMILES string of the molecule is O=C([C@@H](O)c1ccccc1)N1C[C@H]2CCC[C@@]2(c2nc(CC3CC3)no2)C1. The molecule has 1 amide bonds. The molecule has 2 saturated carbocycles.